The number of aryl methyl sites for hydroxylation is 2. The van der Waals surface area contributed by atoms with Crippen LogP contribution in [0.1, 0.15) is 51.9 Å². The molecule has 4 rings (SSSR count). The summed E-state index contributed by atoms with van der Waals surface area (Å²) in [6.45, 7) is 11.8. The van der Waals surface area contributed by atoms with E-state index in [-0.39, 0.29) is 17.3 Å². The lowest BCUT2D eigenvalue weighted by Gasteiger charge is -2.39. The largest absolute Gasteiger partial charge is 0.493 e. The molecule has 3 aromatic rings. The van der Waals surface area contributed by atoms with Crippen molar-refractivity contribution >= 4 is 17.1 Å². The number of fused-ring (bicyclic) bond motifs is 1. The number of nitrogens with zero attached hydrogens (tertiary/aromatic N) is 5. The number of amides is 1. The lowest BCUT2D eigenvalue weighted by Crippen LogP contribution is -2.46. The van der Waals surface area contributed by atoms with E-state index in [9.17, 15) is 10.1 Å². The summed E-state index contributed by atoms with van der Waals surface area (Å²) in [4.78, 5) is 23.0. The van der Waals surface area contributed by atoms with E-state index >= 15 is 0 Å². The van der Waals surface area contributed by atoms with Crippen molar-refractivity contribution in [2.24, 2.45) is 12.5 Å². The Morgan fingerprint density at radius 1 is 1.20 bits per heavy atom. The Labute approximate surface area is 206 Å². The van der Waals surface area contributed by atoms with E-state index < -0.39 is 5.60 Å². The zero-order chi connectivity index (χ0) is 25.4. The Balaban J connectivity index is 1.44. The number of carbonyl (C=O) groups is 1. The first kappa shape index (κ1) is 24.5. The number of rotatable bonds is 4. The second kappa shape index (κ2) is 9.21. The third kappa shape index (κ3) is 5.40. The maximum absolute atomic E-state index is 12.4. The van der Waals surface area contributed by atoms with Gasteiger partial charge in [0.25, 0.3) is 0 Å². The average molecular weight is 476 g/mol. The first-order valence-electron chi connectivity index (χ1n) is 11.9. The van der Waals surface area contributed by atoms with Crippen LogP contribution in [0.3, 0.4) is 0 Å². The highest BCUT2D eigenvalue weighted by molar-refractivity contribution is 5.91. The molecule has 35 heavy (non-hydrogen) atoms. The fourth-order valence-electron chi connectivity index (χ4n) is 4.32. The van der Waals surface area contributed by atoms with Gasteiger partial charge in [-0.05, 0) is 70.4 Å². The van der Waals surface area contributed by atoms with Gasteiger partial charge in [0, 0.05) is 42.7 Å². The molecule has 0 spiro atoms. The van der Waals surface area contributed by atoms with Gasteiger partial charge in [0.2, 0.25) is 5.82 Å². The number of carbonyl (C=O) groups excluding carboxylic acids is 1. The minimum absolute atomic E-state index is 0.0197. The number of piperidine rings is 1. The standard InChI is InChI=1S/C27H33N5O3/c1-18-15-19(23-20-9-12-31(6)24(20)30-22(16-28)29-23)7-8-21(18)34-17-27(5)10-13-32(14-11-27)25(33)35-26(2,3)4/h7-9,12,15H,10-11,13-14,17H2,1-6H3. The van der Waals surface area contributed by atoms with E-state index in [1.165, 1.54) is 0 Å². The molecule has 0 bridgehead atoms. The summed E-state index contributed by atoms with van der Waals surface area (Å²) in [5, 5.41) is 10.3. The Morgan fingerprint density at radius 2 is 1.91 bits per heavy atom. The molecule has 1 fully saturated rings. The summed E-state index contributed by atoms with van der Waals surface area (Å²) in [6, 6.07) is 10.0. The Bertz CT molecular complexity index is 1290. The van der Waals surface area contributed by atoms with Crippen molar-refractivity contribution in [3.05, 3.63) is 41.9 Å². The first-order valence-corrected chi connectivity index (χ1v) is 11.9. The quantitative estimate of drug-likeness (QED) is 0.513. The van der Waals surface area contributed by atoms with Crippen molar-refractivity contribution in [3.63, 3.8) is 0 Å². The number of hydrogen-bond donors (Lipinski definition) is 0. The second-order valence-electron chi connectivity index (χ2n) is 10.7. The van der Waals surface area contributed by atoms with E-state index in [4.69, 9.17) is 9.47 Å². The molecule has 2 aromatic heterocycles. The van der Waals surface area contributed by atoms with Crippen LogP contribution in [0.25, 0.3) is 22.3 Å². The van der Waals surface area contributed by atoms with Gasteiger partial charge in [0.05, 0.1) is 12.3 Å². The molecule has 0 atom stereocenters. The summed E-state index contributed by atoms with van der Waals surface area (Å²) in [7, 11) is 1.90. The molecule has 8 nitrogen and oxygen atoms in total. The van der Waals surface area contributed by atoms with Gasteiger partial charge in [0.1, 0.15) is 23.1 Å². The number of nitriles is 1. The fourth-order valence-corrected chi connectivity index (χ4v) is 4.32. The maximum atomic E-state index is 12.4. The molecule has 184 valence electrons. The number of ether oxygens (including phenoxy) is 2. The highest BCUT2D eigenvalue weighted by atomic mass is 16.6. The number of aromatic nitrogens is 3. The van der Waals surface area contributed by atoms with Gasteiger partial charge in [-0.2, -0.15) is 5.26 Å². The average Bonchev–Trinajstić information content (AvgIpc) is 3.17. The molecule has 3 heterocycles. The van der Waals surface area contributed by atoms with Gasteiger partial charge in [-0.15, -0.1) is 0 Å². The van der Waals surface area contributed by atoms with Crippen LogP contribution in [0.2, 0.25) is 0 Å². The Hall–Kier alpha value is -3.60. The van der Waals surface area contributed by atoms with Crippen molar-refractivity contribution in [2.45, 2.75) is 53.1 Å². The monoisotopic (exact) mass is 475 g/mol. The van der Waals surface area contributed by atoms with Crippen LogP contribution >= 0.6 is 0 Å². The Morgan fingerprint density at radius 3 is 2.54 bits per heavy atom. The molecule has 1 aromatic carbocycles. The van der Waals surface area contributed by atoms with E-state index in [1.807, 2.05) is 69.8 Å². The minimum Gasteiger partial charge on any atom is -0.493 e. The van der Waals surface area contributed by atoms with Gasteiger partial charge in [-0.25, -0.2) is 14.8 Å². The zero-order valence-corrected chi connectivity index (χ0v) is 21.4. The molecule has 1 aliphatic heterocycles. The van der Waals surface area contributed by atoms with Gasteiger partial charge in [-0.3, -0.25) is 0 Å². The lowest BCUT2D eigenvalue weighted by molar-refractivity contribution is 0.00591. The summed E-state index contributed by atoms with van der Waals surface area (Å²) >= 11 is 0. The van der Waals surface area contributed by atoms with Gasteiger partial charge in [0.15, 0.2) is 0 Å². The fraction of sp³-hybridized carbons (Fsp3) is 0.481. The second-order valence-corrected chi connectivity index (χ2v) is 10.7. The third-order valence-electron chi connectivity index (χ3n) is 6.47. The van der Waals surface area contributed by atoms with Crippen molar-refractivity contribution in [1.82, 2.24) is 19.4 Å². The summed E-state index contributed by atoms with van der Waals surface area (Å²) in [5.74, 6) is 0.973. The molecule has 0 radical (unpaired) electrons. The summed E-state index contributed by atoms with van der Waals surface area (Å²) in [5.41, 5.74) is 2.88. The first-order chi connectivity index (χ1) is 16.5. The molecule has 1 aliphatic rings. The SMILES string of the molecule is Cc1cc(-c2nc(C#N)nc3c2ccn3C)ccc1OCC1(C)CCN(C(=O)OC(C)(C)C)CC1. The third-order valence-corrected chi connectivity index (χ3v) is 6.47. The van der Waals surface area contributed by atoms with E-state index in [0.29, 0.717) is 19.7 Å². The number of benzene rings is 1. The van der Waals surface area contributed by atoms with E-state index in [0.717, 1.165) is 46.4 Å². The Kier molecular flexibility index (Phi) is 6.46. The molecule has 1 amide bonds. The molecular weight excluding hydrogens is 442 g/mol. The normalized spacial score (nSPS) is 15.6. The zero-order valence-electron chi connectivity index (χ0n) is 21.4. The predicted molar refractivity (Wildman–Crippen MR) is 134 cm³/mol. The van der Waals surface area contributed by atoms with E-state index in [2.05, 4.69) is 23.0 Å². The summed E-state index contributed by atoms with van der Waals surface area (Å²) in [6.07, 6.45) is 3.38. The van der Waals surface area contributed by atoms with Crippen molar-refractivity contribution in [3.8, 4) is 23.1 Å². The molecule has 0 N–H and O–H groups in total. The molecule has 0 unspecified atom stereocenters. The van der Waals surface area contributed by atoms with Gasteiger partial charge >= 0.3 is 6.09 Å². The number of likely N-dealkylation sites (tertiary alicyclic amines) is 1. The molecule has 8 heteroatoms. The van der Waals surface area contributed by atoms with Crippen LogP contribution in [0, 0.1) is 23.7 Å². The van der Waals surface area contributed by atoms with Crippen LogP contribution in [-0.4, -0.2) is 50.8 Å². The molecule has 1 saturated heterocycles. The smallest absolute Gasteiger partial charge is 0.410 e. The van der Waals surface area contributed by atoms with Crippen molar-refractivity contribution in [1.29, 1.82) is 5.26 Å². The topological polar surface area (TPSA) is 93.3 Å². The molecule has 0 saturated carbocycles. The van der Waals surface area contributed by atoms with Gasteiger partial charge < -0.3 is 18.9 Å². The number of hydrogen-bond acceptors (Lipinski definition) is 6. The van der Waals surface area contributed by atoms with Crippen LogP contribution in [-0.2, 0) is 11.8 Å². The van der Waals surface area contributed by atoms with Crippen molar-refractivity contribution < 1.29 is 14.3 Å². The predicted octanol–water partition coefficient (Wildman–Crippen LogP) is 5.23. The van der Waals surface area contributed by atoms with Crippen molar-refractivity contribution in [2.75, 3.05) is 19.7 Å². The van der Waals surface area contributed by atoms with Crippen LogP contribution in [0.5, 0.6) is 5.75 Å². The van der Waals surface area contributed by atoms with Gasteiger partial charge in [-0.1, -0.05) is 6.92 Å². The van der Waals surface area contributed by atoms with Crippen LogP contribution in [0.4, 0.5) is 4.79 Å². The van der Waals surface area contributed by atoms with Crippen LogP contribution in [0.15, 0.2) is 30.5 Å². The molecular formula is C27H33N5O3. The summed E-state index contributed by atoms with van der Waals surface area (Å²) < 4.78 is 13.7. The highest BCUT2D eigenvalue weighted by Gasteiger charge is 2.34. The lowest BCUT2D eigenvalue weighted by atomic mass is 9.81. The molecule has 0 aliphatic carbocycles. The van der Waals surface area contributed by atoms with E-state index in [1.54, 1.807) is 4.90 Å². The highest BCUT2D eigenvalue weighted by Crippen LogP contribution is 2.34. The van der Waals surface area contributed by atoms with Crippen LogP contribution < -0.4 is 4.74 Å². The minimum atomic E-state index is -0.487. The maximum Gasteiger partial charge on any atom is 0.410 e.